The molecule has 1 aliphatic carbocycles. The molecule has 0 radical (unpaired) electrons. The van der Waals surface area contributed by atoms with Crippen molar-refractivity contribution in [2.75, 3.05) is 0 Å². The molecule has 0 unspecified atom stereocenters. The van der Waals surface area contributed by atoms with E-state index in [1.807, 2.05) is 13.0 Å². The summed E-state index contributed by atoms with van der Waals surface area (Å²) in [5, 5.41) is 9.38. The molecular weight excluding hydrogens is 136 g/mol. The Labute approximate surface area is 68.4 Å². The molecule has 0 saturated heterocycles. The van der Waals surface area contributed by atoms with Gasteiger partial charge in [0.25, 0.3) is 0 Å². The van der Waals surface area contributed by atoms with E-state index < -0.39 is 0 Å². The number of aliphatic hydroxyl groups is 1. The summed E-state index contributed by atoms with van der Waals surface area (Å²) in [6.07, 6.45) is 3.63. The van der Waals surface area contributed by atoms with E-state index >= 15 is 0 Å². The Kier molecular flexibility index (Phi) is 2.50. The first-order valence-electron chi connectivity index (χ1n) is 4.10. The molecule has 2 atom stereocenters. The largest absolute Gasteiger partial charge is 0.389 e. The van der Waals surface area contributed by atoms with E-state index in [4.69, 9.17) is 0 Å². The molecule has 1 aliphatic rings. The predicted molar refractivity (Wildman–Crippen MR) is 47.3 cm³/mol. The molecule has 0 heterocycles. The van der Waals surface area contributed by atoms with Gasteiger partial charge in [0.05, 0.1) is 6.10 Å². The van der Waals surface area contributed by atoms with Gasteiger partial charge in [-0.3, -0.25) is 0 Å². The molecule has 0 aromatic heterocycles. The maximum absolute atomic E-state index is 9.38. The highest BCUT2D eigenvalue weighted by atomic mass is 16.3. The van der Waals surface area contributed by atoms with Gasteiger partial charge in [-0.2, -0.15) is 0 Å². The van der Waals surface area contributed by atoms with E-state index in [2.05, 4.69) is 13.5 Å². The van der Waals surface area contributed by atoms with Crippen LogP contribution < -0.4 is 0 Å². The number of hydrogen-bond acceptors (Lipinski definition) is 1. The van der Waals surface area contributed by atoms with Gasteiger partial charge in [-0.05, 0) is 32.6 Å². The van der Waals surface area contributed by atoms with Gasteiger partial charge in [0, 0.05) is 0 Å². The summed E-state index contributed by atoms with van der Waals surface area (Å²) < 4.78 is 0. The van der Waals surface area contributed by atoms with Gasteiger partial charge < -0.3 is 5.11 Å². The fourth-order valence-electron chi connectivity index (χ4n) is 1.60. The van der Waals surface area contributed by atoms with E-state index in [9.17, 15) is 5.11 Å². The molecule has 1 nitrogen and oxygen atoms in total. The second kappa shape index (κ2) is 3.22. The van der Waals surface area contributed by atoms with Crippen LogP contribution in [0.1, 0.15) is 26.7 Å². The summed E-state index contributed by atoms with van der Waals surface area (Å²) in [6, 6.07) is 0. The van der Waals surface area contributed by atoms with Crippen molar-refractivity contribution < 1.29 is 5.11 Å². The van der Waals surface area contributed by atoms with Gasteiger partial charge in [-0.25, -0.2) is 0 Å². The van der Waals surface area contributed by atoms with Crippen LogP contribution >= 0.6 is 0 Å². The minimum atomic E-state index is -0.245. The minimum Gasteiger partial charge on any atom is -0.389 e. The molecule has 0 amide bonds. The normalized spacial score (nSPS) is 31.4. The molecule has 62 valence electrons. The summed E-state index contributed by atoms with van der Waals surface area (Å²) in [4.78, 5) is 0. The quantitative estimate of drug-likeness (QED) is 0.571. The van der Waals surface area contributed by atoms with E-state index in [-0.39, 0.29) is 6.10 Å². The summed E-state index contributed by atoms with van der Waals surface area (Å²) in [5.74, 6) is 0.495. The van der Waals surface area contributed by atoms with Crippen LogP contribution in [0.5, 0.6) is 0 Å². The Morgan fingerprint density at radius 1 is 1.73 bits per heavy atom. The van der Waals surface area contributed by atoms with Crippen molar-refractivity contribution in [3.63, 3.8) is 0 Å². The number of aliphatic hydroxyl groups excluding tert-OH is 1. The Morgan fingerprint density at radius 3 is 2.82 bits per heavy atom. The molecule has 0 aliphatic heterocycles. The Bertz CT molecular complexity index is 191. The molecular formula is C10H16O. The lowest BCUT2D eigenvalue weighted by Crippen LogP contribution is -2.17. The number of allylic oxidation sites excluding steroid dienone is 2. The molecule has 0 bridgehead atoms. The Hall–Kier alpha value is -0.560. The molecule has 1 rings (SSSR count). The molecule has 0 spiro atoms. The lowest BCUT2D eigenvalue weighted by Gasteiger charge is -2.24. The third-order valence-corrected chi connectivity index (χ3v) is 2.27. The maximum Gasteiger partial charge on any atom is 0.0729 e. The molecule has 0 saturated carbocycles. The maximum atomic E-state index is 9.38. The van der Waals surface area contributed by atoms with Gasteiger partial charge in [-0.1, -0.05) is 23.8 Å². The summed E-state index contributed by atoms with van der Waals surface area (Å²) in [5.41, 5.74) is 2.48. The number of rotatable bonds is 1. The number of hydrogen-bond donors (Lipinski definition) is 1. The van der Waals surface area contributed by atoms with Gasteiger partial charge in [0.1, 0.15) is 0 Å². The standard InChI is InChI=1S/C10H16O/c1-7(2)9-4-8(3)5-10(11)6-9/h5,9-11H,1,4,6H2,2-3H3/t9-,10+/m1/s1. The third kappa shape index (κ3) is 2.19. The first-order valence-corrected chi connectivity index (χ1v) is 4.10. The van der Waals surface area contributed by atoms with E-state index in [1.165, 1.54) is 11.1 Å². The summed E-state index contributed by atoms with van der Waals surface area (Å²) in [7, 11) is 0. The molecule has 1 heteroatoms. The van der Waals surface area contributed by atoms with E-state index in [0.29, 0.717) is 5.92 Å². The van der Waals surface area contributed by atoms with Crippen LogP contribution in [-0.2, 0) is 0 Å². The molecule has 11 heavy (non-hydrogen) atoms. The van der Waals surface area contributed by atoms with Crippen molar-refractivity contribution in [2.45, 2.75) is 32.8 Å². The fourth-order valence-corrected chi connectivity index (χ4v) is 1.60. The van der Waals surface area contributed by atoms with Gasteiger partial charge in [0.15, 0.2) is 0 Å². The third-order valence-electron chi connectivity index (χ3n) is 2.27. The molecule has 0 aromatic rings. The van der Waals surface area contributed by atoms with Crippen molar-refractivity contribution in [2.24, 2.45) is 5.92 Å². The second-order valence-corrected chi connectivity index (χ2v) is 3.56. The average molecular weight is 152 g/mol. The zero-order valence-corrected chi connectivity index (χ0v) is 7.30. The zero-order valence-electron chi connectivity index (χ0n) is 7.30. The van der Waals surface area contributed by atoms with Crippen LogP contribution in [0.4, 0.5) is 0 Å². The van der Waals surface area contributed by atoms with Crippen LogP contribution in [0, 0.1) is 5.92 Å². The highest BCUT2D eigenvalue weighted by Crippen LogP contribution is 2.28. The Balaban J connectivity index is 2.64. The van der Waals surface area contributed by atoms with Gasteiger partial charge in [0.2, 0.25) is 0 Å². The molecule has 0 fully saturated rings. The smallest absolute Gasteiger partial charge is 0.0729 e. The fraction of sp³-hybridized carbons (Fsp3) is 0.600. The van der Waals surface area contributed by atoms with Crippen LogP contribution in [0.3, 0.4) is 0 Å². The van der Waals surface area contributed by atoms with E-state index in [0.717, 1.165) is 12.8 Å². The highest BCUT2D eigenvalue weighted by molar-refractivity contribution is 5.13. The highest BCUT2D eigenvalue weighted by Gasteiger charge is 2.18. The first-order chi connectivity index (χ1) is 5.09. The van der Waals surface area contributed by atoms with Crippen LogP contribution in [-0.4, -0.2) is 11.2 Å². The molecule has 0 aromatic carbocycles. The minimum absolute atomic E-state index is 0.245. The van der Waals surface area contributed by atoms with Gasteiger partial charge in [-0.15, -0.1) is 0 Å². The van der Waals surface area contributed by atoms with Crippen LogP contribution in [0.25, 0.3) is 0 Å². The lowest BCUT2D eigenvalue weighted by atomic mass is 9.84. The SMILES string of the molecule is C=C(C)[C@@H]1CC(C)=C[C@H](O)C1. The zero-order chi connectivity index (χ0) is 8.43. The summed E-state index contributed by atoms with van der Waals surface area (Å²) >= 11 is 0. The van der Waals surface area contributed by atoms with Crippen molar-refractivity contribution in [3.05, 3.63) is 23.8 Å². The van der Waals surface area contributed by atoms with Crippen molar-refractivity contribution in [1.82, 2.24) is 0 Å². The van der Waals surface area contributed by atoms with E-state index in [1.54, 1.807) is 0 Å². The lowest BCUT2D eigenvalue weighted by molar-refractivity contribution is 0.184. The van der Waals surface area contributed by atoms with Crippen molar-refractivity contribution >= 4 is 0 Å². The Morgan fingerprint density at radius 2 is 2.36 bits per heavy atom. The predicted octanol–water partition coefficient (Wildman–Crippen LogP) is 2.28. The summed E-state index contributed by atoms with van der Waals surface area (Å²) in [6.45, 7) is 8.01. The average Bonchev–Trinajstić information content (AvgIpc) is 1.85. The first kappa shape index (κ1) is 8.54. The molecule has 1 N–H and O–H groups in total. The van der Waals surface area contributed by atoms with Crippen LogP contribution in [0.2, 0.25) is 0 Å². The van der Waals surface area contributed by atoms with Gasteiger partial charge >= 0.3 is 0 Å². The van der Waals surface area contributed by atoms with Crippen LogP contribution in [0.15, 0.2) is 23.8 Å². The van der Waals surface area contributed by atoms with Crippen molar-refractivity contribution in [3.8, 4) is 0 Å². The second-order valence-electron chi connectivity index (χ2n) is 3.56. The topological polar surface area (TPSA) is 20.2 Å². The van der Waals surface area contributed by atoms with Crippen molar-refractivity contribution in [1.29, 1.82) is 0 Å². The monoisotopic (exact) mass is 152 g/mol.